The molecule has 0 fully saturated rings. The molecule has 0 saturated carbocycles. The topological polar surface area (TPSA) is 63.2 Å². The van der Waals surface area contributed by atoms with Crippen molar-refractivity contribution in [2.24, 2.45) is 0 Å². The molecule has 18 heavy (non-hydrogen) atoms. The van der Waals surface area contributed by atoms with Crippen molar-refractivity contribution in [3.05, 3.63) is 29.8 Å². The van der Waals surface area contributed by atoms with Crippen molar-refractivity contribution in [1.82, 2.24) is 5.32 Å². The molecular formula is C13H19NO3S. The van der Waals surface area contributed by atoms with Gasteiger partial charge in [-0.1, -0.05) is 26.0 Å². The number of carbonyl (C=O) groups is 1. The van der Waals surface area contributed by atoms with Gasteiger partial charge < -0.3 is 5.32 Å². The molecule has 0 bridgehead atoms. The summed E-state index contributed by atoms with van der Waals surface area (Å²) in [5, 5.41) is 2.78. The van der Waals surface area contributed by atoms with Crippen molar-refractivity contribution in [2.75, 3.05) is 5.75 Å². The third kappa shape index (κ3) is 3.32. The minimum Gasteiger partial charge on any atom is -0.350 e. The van der Waals surface area contributed by atoms with Crippen LogP contribution in [-0.2, 0) is 9.84 Å². The van der Waals surface area contributed by atoms with Crippen molar-refractivity contribution in [3.63, 3.8) is 0 Å². The van der Waals surface area contributed by atoms with Crippen LogP contribution >= 0.6 is 0 Å². The molecule has 0 spiro atoms. The molecule has 1 aromatic carbocycles. The lowest BCUT2D eigenvalue weighted by Gasteiger charge is -2.13. The zero-order valence-electron chi connectivity index (χ0n) is 10.9. The van der Waals surface area contributed by atoms with Crippen LogP contribution in [0.4, 0.5) is 0 Å². The molecular weight excluding hydrogens is 250 g/mol. The lowest BCUT2D eigenvalue weighted by Crippen LogP contribution is -2.33. The lowest BCUT2D eigenvalue weighted by molar-refractivity contribution is 0.0936. The monoisotopic (exact) mass is 269 g/mol. The average molecular weight is 269 g/mol. The number of hydrogen-bond donors (Lipinski definition) is 1. The molecule has 1 atom stereocenters. The second-order valence-corrected chi connectivity index (χ2v) is 6.43. The molecule has 100 valence electrons. The first-order valence-electron chi connectivity index (χ1n) is 6.05. The highest BCUT2D eigenvalue weighted by Gasteiger charge is 2.20. The maximum atomic E-state index is 12.0. The van der Waals surface area contributed by atoms with Gasteiger partial charge in [-0.3, -0.25) is 4.79 Å². The van der Waals surface area contributed by atoms with Crippen molar-refractivity contribution in [2.45, 2.75) is 38.1 Å². The van der Waals surface area contributed by atoms with Gasteiger partial charge in [0.2, 0.25) is 0 Å². The minimum absolute atomic E-state index is 0.0133. The van der Waals surface area contributed by atoms with E-state index in [1.54, 1.807) is 25.1 Å². The molecule has 0 aliphatic heterocycles. The number of carbonyl (C=O) groups excluding carboxylic acids is 1. The van der Waals surface area contributed by atoms with Crippen LogP contribution in [0.25, 0.3) is 0 Å². The van der Waals surface area contributed by atoms with Gasteiger partial charge in [0.25, 0.3) is 5.91 Å². The van der Waals surface area contributed by atoms with Crippen molar-refractivity contribution in [1.29, 1.82) is 0 Å². The van der Waals surface area contributed by atoms with Gasteiger partial charge in [0, 0.05) is 6.04 Å². The van der Waals surface area contributed by atoms with E-state index in [1.807, 2.05) is 13.8 Å². The molecule has 0 aliphatic rings. The summed E-state index contributed by atoms with van der Waals surface area (Å²) in [5.74, 6) is -0.349. The summed E-state index contributed by atoms with van der Waals surface area (Å²) in [5.41, 5.74) is 0.222. The average Bonchev–Trinajstić information content (AvgIpc) is 2.38. The number of nitrogens with one attached hydrogen (secondary N) is 1. The molecule has 1 N–H and O–H groups in total. The van der Waals surface area contributed by atoms with Gasteiger partial charge in [0.15, 0.2) is 9.84 Å². The number of hydrogen-bond acceptors (Lipinski definition) is 3. The molecule has 1 unspecified atom stereocenters. The van der Waals surface area contributed by atoms with Gasteiger partial charge in [0.1, 0.15) is 0 Å². The summed E-state index contributed by atoms with van der Waals surface area (Å²) >= 11 is 0. The summed E-state index contributed by atoms with van der Waals surface area (Å²) in [6, 6.07) is 6.34. The van der Waals surface area contributed by atoms with Crippen molar-refractivity contribution in [3.8, 4) is 0 Å². The van der Waals surface area contributed by atoms with E-state index in [-0.39, 0.29) is 28.2 Å². The maximum absolute atomic E-state index is 12.0. The Morgan fingerprint density at radius 3 is 2.44 bits per heavy atom. The summed E-state index contributed by atoms with van der Waals surface area (Å²) in [6.07, 6.45) is 0.800. The Kier molecular flexibility index (Phi) is 4.90. The molecule has 4 nitrogen and oxygen atoms in total. The zero-order chi connectivity index (χ0) is 13.8. The molecule has 1 amide bonds. The third-order valence-electron chi connectivity index (χ3n) is 2.84. The van der Waals surface area contributed by atoms with Crippen LogP contribution in [0, 0.1) is 0 Å². The summed E-state index contributed by atoms with van der Waals surface area (Å²) < 4.78 is 23.8. The van der Waals surface area contributed by atoms with E-state index in [2.05, 4.69) is 5.32 Å². The maximum Gasteiger partial charge on any atom is 0.252 e. The van der Waals surface area contributed by atoms with Gasteiger partial charge in [0.05, 0.1) is 16.2 Å². The first kappa shape index (κ1) is 14.7. The molecule has 1 aromatic rings. The van der Waals surface area contributed by atoms with Crippen molar-refractivity contribution < 1.29 is 13.2 Å². The number of amides is 1. The van der Waals surface area contributed by atoms with Crippen LogP contribution in [-0.4, -0.2) is 26.1 Å². The minimum atomic E-state index is -3.38. The number of benzene rings is 1. The second-order valence-electron chi connectivity index (χ2n) is 4.18. The Morgan fingerprint density at radius 2 is 1.89 bits per heavy atom. The summed E-state index contributed by atoms with van der Waals surface area (Å²) in [4.78, 5) is 12.1. The predicted molar refractivity (Wildman–Crippen MR) is 71.4 cm³/mol. The largest absolute Gasteiger partial charge is 0.350 e. The van der Waals surface area contributed by atoms with Gasteiger partial charge in [-0.2, -0.15) is 0 Å². The lowest BCUT2D eigenvalue weighted by atomic mass is 10.2. The predicted octanol–water partition coefficient (Wildman–Crippen LogP) is 2.01. The van der Waals surface area contributed by atoms with E-state index >= 15 is 0 Å². The first-order valence-corrected chi connectivity index (χ1v) is 7.70. The highest BCUT2D eigenvalue weighted by molar-refractivity contribution is 7.91. The third-order valence-corrected chi connectivity index (χ3v) is 4.62. The van der Waals surface area contributed by atoms with E-state index in [4.69, 9.17) is 0 Å². The molecule has 0 aromatic heterocycles. The van der Waals surface area contributed by atoms with Gasteiger partial charge in [-0.05, 0) is 25.5 Å². The van der Waals surface area contributed by atoms with Crippen molar-refractivity contribution >= 4 is 15.7 Å². The fourth-order valence-electron chi connectivity index (χ4n) is 1.48. The van der Waals surface area contributed by atoms with Crippen LogP contribution in [0.1, 0.15) is 37.6 Å². The molecule has 1 rings (SSSR count). The molecule has 0 radical (unpaired) electrons. The highest BCUT2D eigenvalue weighted by atomic mass is 32.2. The summed E-state index contributed by atoms with van der Waals surface area (Å²) in [6.45, 7) is 5.41. The molecule has 5 heteroatoms. The molecule has 0 saturated heterocycles. The Bertz CT molecular complexity index is 523. The van der Waals surface area contributed by atoms with Gasteiger partial charge >= 0.3 is 0 Å². The zero-order valence-corrected chi connectivity index (χ0v) is 11.8. The SMILES string of the molecule is CCC(C)NC(=O)c1ccccc1S(=O)(=O)CC. The Balaban J connectivity index is 3.14. The van der Waals surface area contributed by atoms with E-state index in [0.717, 1.165) is 6.42 Å². The fraction of sp³-hybridized carbons (Fsp3) is 0.462. The smallest absolute Gasteiger partial charge is 0.252 e. The van der Waals surface area contributed by atoms with E-state index in [0.29, 0.717) is 0 Å². The van der Waals surface area contributed by atoms with Crippen LogP contribution < -0.4 is 5.32 Å². The Morgan fingerprint density at radius 1 is 1.28 bits per heavy atom. The van der Waals surface area contributed by atoms with Crippen LogP contribution in [0.3, 0.4) is 0 Å². The van der Waals surface area contributed by atoms with Crippen LogP contribution in [0.15, 0.2) is 29.2 Å². The summed E-state index contributed by atoms with van der Waals surface area (Å²) in [7, 11) is -3.38. The van der Waals surface area contributed by atoms with Crippen LogP contribution in [0.2, 0.25) is 0 Å². The van der Waals surface area contributed by atoms with E-state index in [1.165, 1.54) is 6.07 Å². The van der Waals surface area contributed by atoms with Gasteiger partial charge in [-0.25, -0.2) is 8.42 Å². The first-order chi connectivity index (χ1) is 8.42. The quantitative estimate of drug-likeness (QED) is 0.889. The fourth-order valence-corrected chi connectivity index (χ4v) is 2.58. The van der Waals surface area contributed by atoms with Crippen LogP contribution in [0.5, 0.6) is 0 Å². The Hall–Kier alpha value is -1.36. The van der Waals surface area contributed by atoms with E-state index in [9.17, 15) is 13.2 Å². The second kappa shape index (κ2) is 6.00. The standard InChI is InChI=1S/C13H19NO3S/c1-4-10(3)14-13(15)11-8-6-7-9-12(11)18(16,17)5-2/h6-10H,4-5H2,1-3H3,(H,14,15). The molecule has 0 heterocycles. The van der Waals surface area contributed by atoms with E-state index < -0.39 is 9.84 Å². The Labute approximate surface area is 108 Å². The van der Waals surface area contributed by atoms with Gasteiger partial charge in [-0.15, -0.1) is 0 Å². The number of rotatable bonds is 5. The molecule has 0 aliphatic carbocycles. The highest BCUT2D eigenvalue weighted by Crippen LogP contribution is 2.17. The normalized spacial score (nSPS) is 13.1. The number of sulfone groups is 1.